The van der Waals surface area contributed by atoms with Crippen LogP contribution in [0.25, 0.3) is 0 Å². The van der Waals surface area contributed by atoms with Gasteiger partial charge in [0.1, 0.15) is 5.82 Å². The molecule has 0 saturated heterocycles. The molecule has 1 aromatic carbocycles. The summed E-state index contributed by atoms with van der Waals surface area (Å²) in [6.45, 7) is 0. The topological polar surface area (TPSA) is 45.6 Å². The molecule has 0 aliphatic carbocycles. The Kier molecular flexibility index (Phi) is 3.25. The van der Waals surface area contributed by atoms with E-state index in [2.05, 4.69) is 10.1 Å². The molecule has 0 spiro atoms. The van der Waals surface area contributed by atoms with Gasteiger partial charge in [0, 0.05) is 30.6 Å². The van der Waals surface area contributed by atoms with E-state index in [0.717, 1.165) is 0 Å². The number of hydrogen-bond donors (Lipinski definition) is 0. The molecule has 1 aliphatic heterocycles. The van der Waals surface area contributed by atoms with E-state index >= 15 is 0 Å². The second kappa shape index (κ2) is 5.21. The Balaban J connectivity index is 1.92. The first-order valence-corrected chi connectivity index (χ1v) is 6.28. The van der Waals surface area contributed by atoms with Crippen molar-refractivity contribution >= 4 is 12.1 Å². The van der Waals surface area contributed by atoms with Crippen LogP contribution < -0.4 is 0 Å². The van der Waals surface area contributed by atoms with E-state index in [0.29, 0.717) is 17.5 Å². The van der Waals surface area contributed by atoms with E-state index in [1.54, 1.807) is 42.7 Å². The van der Waals surface area contributed by atoms with Crippen molar-refractivity contribution in [3.05, 3.63) is 65.7 Å². The fourth-order valence-electron chi connectivity index (χ4n) is 2.23. The average molecular weight is 269 g/mol. The number of amides is 1. The second-order valence-electron chi connectivity index (χ2n) is 4.46. The van der Waals surface area contributed by atoms with Gasteiger partial charge in [-0.3, -0.25) is 9.78 Å². The summed E-state index contributed by atoms with van der Waals surface area (Å²) >= 11 is 0. The van der Waals surface area contributed by atoms with E-state index in [-0.39, 0.29) is 11.7 Å². The Labute approximate surface area is 115 Å². The molecule has 1 aliphatic rings. The third-order valence-electron chi connectivity index (χ3n) is 3.21. The van der Waals surface area contributed by atoms with Crippen LogP contribution in [0.15, 0.2) is 53.9 Å². The normalized spacial score (nSPS) is 17.4. The van der Waals surface area contributed by atoms with Gasteiger partial charge in [-0.25, -0.2) is 9.40 Å². The standard InChI is InChI=1S/C15H12FN3O/c16-13-6-2-1-5-12(13)14-7-9-18-19(14)15(20)11-4-3-8-17-10-11/h1-6,8-10,14H,7H2. The highest BCUT2D eigenvalue weighted by molar-refractivity contribution is 5.95. The smallest absolute Gasteiger partial charge is 0.267 e. The maximum Gasteiger partial charge on any atom is 0.276 e. The van der Waals surface area contributed by atoms with Crippen molar-refractivity contribution in [1.29, 1.82) is 0 Å². The zero-order valence-corrected chi connectivity index (χ0v) is 10.6. The molecular formula is C15H12FN3O. The minimum Gasteiger partial charge on any atom is -0.267 e. The number of aromatic nitrogens is 1. The predicted molar refractivity (Wildman–Crippen MR) is 72.7 cm³/mol. The number of hydrogen-bond acceptors (Lipinski definition) is 3. The van der Waals surface area contributed by atoms with Crippen LogP contribution in [-0.4, -0.2) is 22.1 Å². The molecule has 1 unspecified atom stereocenters. The Morgan fingerprint density at radius 1 is 1.25 bits per heavy atom. The van der Waals surface area contributed by atoms with Gasteiger partial charge < -0.3 is 0 Å². The van der Waals surface area contributed by atoms with Gasteiger partial charge in [0.2, 0.25) is 0 Å². The van der Waals surface area contributed by atoms with Gasteiger partial charge in [-0.15, -0.1) is 0 Å². The highest BCUT2D eigenvalue weighted by atomic mass is 19.1. The second-order valence-corrected chi connectivity index (χ2v) is 4.46. The molecule has 0 radical (unpaired) electrons. The van der Waals surface area contributed by atoms with Gasteiger partial charge >= 0.3 is 0 Å². The van der Waals surface area contributed by atoms with Crippen LogP contribution in [0.4, 0.5) is 4.39 Å². The molecule has 0 fully saturated rings. The monoisotopic (exact) mass is 269 g/mol. The summed E-state index contributed by atoms with van der Waals surface area (Å²) in [6, 6.07) is 9.40. The summed E-state index contributed by atoms with van der Waals surface area (Å²) in [5.74, 6) is -0.605. The van der Waals surface area contributed by atoms with Gasteiger partial charge in [-0.2, -0.15) is 5.10 Å². The van der Waals surface area contributed by atoms with E-state index in [1.807, 2.05) is 0 Å². The quantitative estimate of drug-likeness (QED) is 0.841. The Hall–Kier alpha value is -2.56. The van der Waals surface area contributed by atoms with Crippen molar-refractivity contribution in [1.82, 2.24) is 9.99 Å². The zero-order chi connectivity index (χ0) is 13.9. The molecule has 1 aromatic heterocycles. The van der Waals surface area contributed by atoms with Crippen LogP contribution in [0, 0.1) is 5.82 Å². The van der Waals surface area contributed by atoms with Crippen LogP contribution in [-0.2, 0) is 0 Å². The van der Waals surface area contributed by atoms with Crippen molar-refractivity contribution in [3.63, 3.8) is 0 Å². The maximum atomic E-state index is 13.9. The van der Waals surface area contributed by atoms with E-state index in [1.165, 1.54) is 17.3 Å². The van der Waals surface area contributed by atoms with Crippen molar-refractivity contribution in [2.75, 3.05) is 0 Å². The molecule has 4 nitrogen and oxygen atoms in total. The van der Waals surface area contributed by atoms with Crippen molar-refractivity contribution in [2.45, 2.75) is 12.5 Å². The highest BCUT2D eigenvalue weighted by Crippen LogP contribution is 2.30. The van der Waals surface area contributed by atoms with Crippen molar-refractivity contribution < 1.29 is 9.18 Å². The molecule has 2 aromatic rings. The van der Waals surface area contributed by atoms with Crippen LogP contribution in [0.5, 0.6) is 0 Å². The minimum absolute atomic E-state index is 0.278. The Bertz CT molecular complexity index is 657. The molecule has 5 heteroatoms. The number of hydrazone groups is 1. The van der Waals surface area contributed by atoms with Crippen LogP contribution in [0.1, 0.15) is 28.4 Å². The lowest BCUT2D eigenvalue weighted by atomic mass is 10.0. The van der Waals surface area contributed by atoms with Crippen molar-refractivity contribution in [3.8, 4) is 0 Å². The molecule has 20 heavy (non-hydrogen) atoms. The summed E-state index contributed by atoms with van der Waals surface area (Å²) in [5.41, 5.74) is 0.912. The molecule has 0 N–H and O–H groups in total. The fourth-order valence-corrected chi connectivity index (χ4v) is 2.23. The number of halogens is 1. The molecule has 0 bridgehead atoms. The molecule has 100 valence electrons. The van der Waals surface area contributed by atoms with Gasteiger partial charge in [0.15, 0.2) is 0 Å². The first kappa shape index (κ1) is 12.5. The summed E-state index contributed by atoms with van der Waals surface area (Å²) in [6.07, 6.45) is 5.21. The number of nitrogens with zero attached hydrogens (tertiary/aromatic N) is 3. The minimum atomic E-state index is -0.399. The number of pyridine rings is 1. The summed E-state index contributed by atoms with van der Waals surface area (Å²) in [5, 5.41) is 5.39. The van der Waals surface area contributed by atoms with Crippen LogP contribution in [0.2, 0.25) is 0 Å². The molecule has 0 saturated carbocycles. The SMILES string of the molecule is O=C(c1cccnc1)N1N=CCC1c1ccccc1F. The van der Waals surface area contributed by atoms with Gasteiger partial charge in [0.05, 0.1) is 11.6 Å². The first-order chi connectivity index (χ1) is 9.77. The lowest BCUT2D eigenvalue weighted by Gasteiger charge is -2.22. The molecule has 2 heterocycles. The van der Waals surface area contributed by atoms with Crippen molar-refractivity contribution in [2.24, 2.45) is 5.10 Å². The van der Waals surface area contributed by atoms with Gasteiger partial charge in [0.25, 0.3) is 5.91 Å². The van der Waals surface area contributed by atoms with Gasteiger partial charge in [-0.1, -0.05) is 18.2 Å². The van der Waals surface area contributed by atoms with Crippen LogP contribution >= 0.6 is 0 Å². The number of carbonyl (C=O) groups excluding carboxylic acids is 1. The number of benzene rings is 1. The molecular weight excluding hydrogens is 257 g/mol. The summed E-state index contributed by atoms with van der Waals surface area (Å²) in [4.78, 5) is 16.3. The van der Waals surface area contributed by atoms with E-state index in [4.69, 9.17) is 0 Å². The van der Waals surface area contributed by atoms with E-state index < -0.39 is 6.04 Å². The van der Waals surface area contributed by atoms with Crippen LogP contribution in [0.3, 0.4) is 0 Å². The zero-order valence-electron chi connectivity index (χ0n) is 10.6. The lowest BCUT2D eigenvalue weighted by Crippen LogP contribution is -2.27. The highest BCUT2D eigenvalue weighted by Gasteiger charge is 2.30. The summed E-state index contributed by atoms with van der Waals surface area (Å²) in [7, 11) is 0. The first-order valence-electron chi connectivity index (χ1n) is 6.28. The number of carbonyl (C=O) groups is 1. The third-order valence-corrected chi connectivity index (χ3v) is 3.21. The average Bonchev–Trinajstić information content (AvgIpc) is 2.97. The molecule has 3 rings (SSSR count). The Morgan fingerprint density at radius 3 is 2.85 bits per heavy atom. The van der Waals surface area contributed by atoms with Gasteiger partial charge in [-0.05, 0) is 18.2 Å². The number of rotatable bonds is 2. The summed E-state index contributed by atoms with van der Waals surface area (Å²) < 4.78 is 13.9. The molecule has 1 atom stereocenters. The Morgan fingerprint density at radius 2 is 2.10 bits per heavy atom. The van der Waals surface area contributed by atoms with E-state index in [9.17, 15) is 9.18 Å². The molecule has 1 amide bonds. The predicted octanol–water partition coefficient (Wildman–Crippen LogP) is 2.79. The largest absolute Gasteiger partial charge is 0.276 e. The maximum absolute atomic E-state index is 13.9. The fraction of sp³-hybridized carbons (Fsp3) is 0.133. The lowest BCUT2D eigenvalue weighted by molar-refractivity contribution is 0.0708. The third kappa shape index (κ3) is 2.18.